The second-order valence-electron chi connectivity index (χ2n) is 7.14. The van der Waals surface area contributed by atoms with Crippen molar-refractivity contribution in [3.63, 3.8) is 0 Å². The molecule has 33 heavy (non-hydrogen) atoms. The Kier molecular flexibility index (Phi) is 6.85. The van der Waals surface area contributed by atoms with Crippen LogP contribution in [0, 0.1) is 10.1 Å². The minimum absolute atomic E-state index is 0.00577. The topological polar surface area (TPSA) is 157 Å². The zero-order valence-corrected chi connectivity index (χ0v) is 19.3. The zero-order valence-electron chi connectivity index (χ0n) is 17.7. The summed E-state index contributed by atoms with van der Waals surface area (Å²) in [5, 5.41) is 27.2. The highest BCUT2D eigenvalue weighted by atomic mass is 35.5. The molecular formula is C20H19ClN5O6P. The first-order valence-corrected chi connectivity index (χ1v) is 12.3. The molecule has 3 rings (SSSR count). The van der Waals surface area contributed by atoms with Gasteiger partial charge in [-0.15, -0.1) is 0 Å². The van der Waals surface area contributed by atoms with Gasteiger partial charge in [0.2, 0.25) is 5.95 Å². The van der Waals surface area contributed by atoms with Crippen molar-refractivity contribution in [2.75, 3.05) is 31.1 Å². The second-order valence-corrected chi connectivity index (χ2v) is 10.7. The number of aromatic nitrogens is 2. The van der Waals surface area contributed by atoms with Gasteiger partial charge in [0, 0.05) is 17.4 Å². The van der Waals surface area contributed by atoms with Crippen LogP contribution in [0.1, 0.15) is 10.4 Å². The summed E-state index contributed by atoms with van der Waals surface area (Å²) in [6.07, 6.45) is 1.31. The van der Waals surface area contributed by atoms with Crippen LogP contribution < -0.4 is 20.7 Å². The van der Waals surface area contributed by atoms with E-state index in [9.17, 15) is 24.6 Å². The lowest BCUT2D eigenvalue weighted by Crippen LogP contribution is -2.11. The first kappa shape index (κ1) is 24.0. The molecular weight excluding hydrogens is 473 g/mol. The minimum atomic E-state index is -2.61. The highest BCUT2D eigenvalue weighted by Gasteiger charge is 2.24. The van der Waals surface area contributed by atoms with Crippen LogP contribution in [0.25, 0.3) is 0 Å². The van der Waals surface area contributed by atoms with E-state index in [0.717, 1.165) is 12.1 Å². The second kappa shape index (κ2) is 9.43. The van der Waals surface area contributed by atoms with E-state index in [0.29, 0.717) is 11.0 Å². The van der Waals surface area contributed by atoms with E-state index in [1.165, 1.54) is 13.3 Å². The van der Waals surface area contributed by atoms with Gasteiger partial charge in [-0.05, 0) is 25.5 Å². The van der Waals surface area contributed by atoms with Gasteiger partial charge in [0.1, 0.15) is 23.5 Å². The number of hydrogen-bond donors (Lipinski definition) is 3. The molecule has 0 fully saturated rings. The van der Waals surface area contributed by atoms with Crippen molar-refractivity contribution < 1.29 is 24.1 Å². The van der Waals surface area contributed by atoms with Crippen LogP contribution in [-0.2, 0) is 4.57 Å². The van der Waals surface area contributed by atoms with E-state index < -0.39 is 29.3 Å². The van der Waals surface area contributed by atoms with Crippen molar-refractivity contribution in [2.24, 2.45) is 0 Å². The average molecular weight is 492 g/mol. The van der Waals surface area contributed by atoms with Gasteiger partial charge in [0.15, 0.2) is 5.82 Å². The van der Waals surface area contributed by atoms with Crippen molar-refractivity contribution in [1.29, 1.82) is 0 Å². The number of para-hydroxylation sites is 1. The summed E-state index contributed by atoms with van der Waals surface area (Å²) < 4.78 is 17.8. The summed E-state index contributed by atoms with van der Waals surface area (Å²) in [4.78, 5) is 30.3. The standard InChI is InChI=1S/C20H19ClN5O6P/c1-32-16-8-11(19(27)28)15(26(29)30)9-14(16)24-20-22-10-12(21)18(25-20)23-13-6-4-5-7-17(13)33(2,3)31/h4-10H,1-3H3,(H,27,28)(H2,22,23,24,25). The van der Waals surface area contributed by atoms with Crippen molar-refractivity contribution in [3.8, 4) is 5.75 Å². The summed E-state index contributed by atoms with van der Waals surface area (Å²) >= 11 is 6.23. The number of nitrogens with zero attached hydrogens (tertiary/aromatic N) is 3. The molecule has 172 valence electrons. The number of nitro groups is 1. The molecule has 0 aliphatic heterocycles. The first-order valence-electron chi connectivity index (χ1n) is 9.32. The molecule has 0 aliphatic carbocycles. The SMILES string of the molecule is COc1cc(C(=O)O)c([N+](=O)[O-])cc1Nc1ncc(Cl)c(Nc2ccccc2P(C)(C)=O)n1. The van der Waals surface area contributed by atoms with E-state index >= 15 is 0 Å². The third-order valence-electron chi connectivity index (χ3n) is 4.47. The molecule has 0 atom stereocenters. The Hall–Kier alpha value is -3.69. The monoisotopic (exact) mass is 491 g/mol. The number of rotatable bonds is 8. The lowest BCUT2D eigenvalue weighted by molar-refractivity contribution is -0.385. The zero-order chi connectivity index (χ0) is 24.3. The van der Waals surface area contributed by atoms with E-state index in [2.05, 4.69) is 20.6 Å². The van der Waals surface area contributed by atoms with Crippen molar-refractivity contribution in [3.05, 3.63) is 63.3 Å². The lowest BCUT2D eigenvalue weighted by atomic mass is 10.1. The third-order valence-corrected chi connectivity index (χ3v) is 6.30. The number of methoxy groups -OCH3 is 1. The van der Waals surface area contributed by atoms with Gasteiger partial charge in [-0.2, -0.15) is 4.98 Å². The van der Waals surface area contributed by atoms with Gasteiger partial charge in [-0.1, -0.05) is 23.7 Å². The maximum absolute atomic E-state index is 12.6. The highest BCUT2D eigenvalue weighted by Crippen LogP contribution is 2.39. The van der Waals surface area contributed by atoms with Gasteiger partial charge in [0.25, 0.3) is 5.69 Å². The summed E-state index contributed by atoms with van der Waals surface area (Å²) in [5.74, 6) is -1.23. The Bertz CT molecular complexity index is 1300. The number of ether oxygens (including phenoxy) is 1. The van der Waals surface area contributed by atoms with Gasteiger partial charge < -0.3 is 25.0 Å². The number of benzene rings is 2. The molecule has 0 aliphatic rings. The van der Waals surface area contributed by atoms with Crippen LogP contribution in [0.15, 0.2) is 42.6 Å². The maximum atomic E-state index is 12.6. The van der Waals surface area contributed by atoms with Crippen LogP contribution in [0.5, 0.6) is 5.75 Å². The number of nitrogens with one attached hydrogen (secondary N) is 2. The smallest absolute Gasteiger partial charge is 0.342 e. The van der Waals surface area contributed by atoms with Crippen LogP contribution in [0.2, 0.25) is 5.02 Å². The molecule has 1 heterocycles. The minimum Gasteiger partial charge on any atom is -0.495 e. The number of nitro benzene ring substituents is 1. The normalized spacial score (nSPS) is 11.0. The lowest BCUT2D eigenvalue weighted by Gasteiger charge is -2.16. The molecule has 3 aromatic rings. The fraction of sp³-hybridized carbons (Fsp3) is 0.150. The van der Waals surface area contributed by atoms with Crippen LogP contribution >= 0.6 is 18.7 Å². The molecule has 0 saturated heterocycles. The number of carboxylic acids is 1. The van der Waals surface area contributed by atoms with E-state index in [-0.39, 0.29) is 28.2 Å². The molecule has 13 heteroatoms. The molecule has 2 aromatic carbocycles. The third kappa shape index (κ3) is 5.39. The molecule has 1 aromatic heterocycles. The fourth-order valence-corrected chi connectivity index (χ4v) is 4.26. The fourth-order valence-electron chi connectivity index (χ4n) is 2.97. The predicted octanol–water partition coefficient (Wildman–Crippen LogP) is 4.48. The summed E-state index contributed by atoms with van der Waals surface area (Å²) in [7, 11) is -1.32. The van der Waals surface area contributed by atoms with Crippen LogP contribution in [0.3, 0.4) is 0 Å². The van der Waals surface area contributed by atoms with Crippen molar-refractivity contribution in [1.82, 2.24) is 9.97 Å². The largest absolute Gasteiger partial charge is 0.495 e. The quantitative estimate of drug-likeness (QED) is 0.233. The molecule has 0 unspecified atom stereocenters. The summed E-state index contributed by atoms with van der Waals surface area (Å²) in [6, 6.07) is 9.07. The number of anilines is 4. The number of aromatic carboxylic acids is 1. The van der Waals surface area contributed by atoms with E-state index in [1.54, 1.807) is 37.6 Å². The molecule has 3 N–H and O–H groups in total. The van der Waals surface area contributed by atoms with Gasteiger partial charge in [-0.25, -0.2) is 9.78 Å². The number of halogens is 1. The molecule has 11 nitrogen and oxygen atoms in total. The Morgan fingerprint density at radius 1 is 1.21 bits per heavy atom. The van der Waals surface area contributed by atoms with E-state index in [4.69, 9.17) is 16.3 Å². The van der Waals surface area contributed by atoms with E-state index in [1.807, 2.05) is 0 Å². The van der Waals surface area contributed by atoms with Crippen molar-refractivity contribution in [2.45, 2.75) is 0 Å². The summed E-state index contributed by atoms with van der Waals surface area (Å²) in [5.41, 5.74) is -0.526. The Morgan fingerprint density at radius 3 is 2.52 bits per heavy atom. The number of hydrogen-bond acceptors (Lipinski definition) is 9. The van der Waals surface area contributed by atoms with Gasteiger partial charge >= 0.3 is 5.97 Å². The highest BCUT2D eigenvalue weighted by molar-refractivity contribution is 7.70. The Labute approximate surface area is 193 Å². The van der Waals surface area contributed by atoms with Gasteiger partial charge in [-0.3, -0.25) is 10.1 Å². The van der Waals surface area contributed by atoms with Gasteiger partial charge in [0.05, 0.1) is 29.6 Å². The molecule has 0 radical (unpaired) electrons. The average Bonchev–Trinajstić information content (AvgIpc) is 2.75. The number of carbonyl (C=O) groups is 1. The maximum Gasteiger partial charge on any atom is 0.342 e. The first-order chi connectivity index (χ1) is 15.5. The molecule has 0 saturated carbocycles. The van der Waals surface area contributed by atoms with Crippen molar-refractivity contribution >= 4 is 58.8 Å². The Balaban J connectivity index is 2.01. The molecule has 0 bridgehead atoms. The summed E-state index contributed by atoms with van der Waals surface area (Å²) in [6.45, 7) is 3.28. The van der Waals surface area contributed by atoms with Crippen LogP contribution in [-0.4, -0.2) is 46.4 Å². The van der Waals surface area contributed by atoms with Crippen LogP contribution in [0.4, 0.5) is 28.8 Å². The molecule has 0 amide bonds. The number of carboxylic acid groups (broad SMARTS) is 1. The predicted molar refractivity (Wildman–Crippen MR) is 126 cm³/mol. The molecule has 0 spiro atoms. The Morgan fingerprint density at radius 2 is 1.91 bits per heavy atom.